The van der Waals surface area contributed by atoms with E-state index in [1.54, 1.807) is 24.3 Å². The number of non-ortho nitro benzene ring substituents is 1. The Morgan fingerprint density at radius 2 is 1.79 bits per heavy atom. The second kappa shape index (κ2) is 10.3. The Kier molecular flexibility index (Phi) is 7.47. The number of hydrogen-bond donors (Lipinski definition) is 1. The molecule has 170 valence electrons. The van der Waals surface area contributed by atoms with Crippen molar-refractivity contribution < 1.29 is 18.1 Å². The molecule has 0 heterocycles. The Balaban J connectivity index is 1.82. The number of halogens is 1. The van der Waals surface area contributed by atoms with E-state index in [1.807, 2.05) is 0 Å². The minimum atomic E-state index is -4.04. The van der Waals surface area contributed by atoms with Crippen molar-refractivity contribution in [3.05, 3.63) is 112 Å². The van der Waals surface area contributed by atoms with E-state index < -0.39 is 20.9 Å². The lowest BCUT2D eigenvalue weighted by molar-refractivity contribution is -0.384. The summed E-state index contributed by atoms with van der Waals surface area (Å²) in [4.78, 5) is 22.8. The third kappa shape index (κ3) is 5.57. The molecule has 1 amide bonds. The number of sulfonamides is 1. The summed E-state index contributed by atoms with van der Waals surface area (Å²) in [7, 11) is -4.04. The van der Waals surface area contributed by atoms with Crippen molar-refractivity contribution in [3.63, 3.8) is 0 Å². The molecule has 0 aliphatic carbocycles. The molecular weight excluding hydrogens is 466 g/mol. The molecule has 0 fully saturated rings. The monoisotopic (exact) mass is 485 g/mol. The molecule has 3 aromatic carbocycles. The average Bonchev–Trinajstić information content (AvgIpc) is 2.82. The van der Waals surface area contributed by atoms with Crippen LogP contribution < -0.4 is 9.62 Å². The molecule has 0 atom stereocenters. The standard InChI is InChI=1S/C23H20ClN3O5S/c1-2-14-26(22-9-4-3-8-21(22)24)33(31,32)20-7-5-6-18(15-20)23(28)25-16-17-10-12-19(13-11-17)27(29)30/h2-13,15H,1,14,16H2,(H,25,28). The van der Waals surface area contributed by atoms with Gasteiger partial charge in [-0.05, 0) is 35.9 Å². The number of nitrogens with one attached hydrogen (secondary N) is 1. The van der Waals surface area contributed by atoms with Gasteiger partial charge in [0, 0.05) is 24.2 Å². The highest BCUT2D eigenvalue weighted by Crippen LogP contribution is 2.30. The van der Waals surface area contributed by atoms with Crippen LogP contribution in [-0.2, 0) is 16.6 Å². The highest BCUT2D eigenvalue weighted by atomic mass is 35.5. The van der Waals surface area contributed by atoms with Crippen LogP contribution in [0.25, 0.3) is 0 Å². The van der Waals surface area contributed by atoms with Crippen LogP contribution >= 0.6 is 11.6 Å². The summed E-state index contributed by atoms with van der Waals surface area (Å²) in [6, 6.07) is 18.0. The van der Waals surface area contributed by atoms with Crippen molar-refractivity contribution in [1.29, 1.82) is 0 Å². The van der Waals surface area contributed by atoms with Crippen LogP contribution in [0.5, 0.6) is 0 Å². The number of nitrogens with zero attached hydrogens (tertiary/aromatic N) is 2. The van der Waals surface area contributed by atoms with Gasteiger partial charge in [-0.1, -0.05) is 48.0 Å². The highest BCUT2D eigenvalue weighted by molar-refractivity contribution is 7.92. The van der Waals surface area contributed by atoms with E-state index in [2.05, 4.69) is 11.9 Å². The van der Waals surface area contributed by atoms with Gasteiger partial charge in [-0.2, -0.15) is 0 Å². The summed E-state index contributed by atoms with van der Waals surface area (Å²) in [6.45, 7) is 3.74. The third-order valence-electron chi connectivity index (χ3n) is 4.70. The molecule has 0 radical (unpaired) electrons. The van der Waals surface area contributed by atoms with Crippen LogP contribution in [0.1, 0.15) is 15.9 Å². The van der Waals surface area contributed by atoms with Crippen molar-refractivity contribution in [2.45, 2.75) is 11.4 Å². The van der Waals surface area contributed by atoms with Gasteiger partial charge in [0.05, 0.1) is 27.1 Å². The van der Waals surface area contributed by atoms with Gasteiger partial charge in [-0.15, -0.1) is 6.58 Å². The Morgan fingerprint density at radius 1 is 1.09 bits per heavy atom. The molecule has 3 rings (SSSR count). The average molecular weight is 486 g/mol. The number of rotatable bonds is 9. The summed E-state index contributed by atoms with van der Waals surface area (Å²) in [5.41, 5.74) is 1.06. The first-order chi connectivity index (χ1) is 15.7. The lowest BCUT2D eigenvalue weighted by atomic mass is 10.2. The molecular formula is C23H20ClN3O5S. The van der Waals surface area contributed by atoms with Gasteiger partial charge in [0.15, 0.2) is 0 Å². The van der Waals surface area contributed by atoms with Gasteiger partial charge in [0.1, 0.15) is 0 Å². The fraction of sp³-hybridized carbons (Fsp3) is 0.0870. The summed E-state index contributed by atoms with van der Waals surface area (Å²) in [5.74, 6) is -0.488. The van der Waals surface area contributed by atoms with Crippen molar-refractivity contribution in [3.8, 4) is 0 Å². The molecule has 3 aromatic rings. The van der Waals surface area contributed by atoms with Crippen molar-refractivity contribution >= 4 is 38.9 Å². The number of nitro groups is 1. The fourth-order valence-corrected chi connectivity index (χ4v) is 4.83. The van der Waals surface area contributed by atoms with Gasteiger partial charge in [-0.25, -0.2) is 8.42 Å². The van der Waals surface area contributed by atoms with E-state index in [-0.39, 0.29) is 34.3 Å². The van der Waals surface area contributed by atoms with Crippen LogP contribution in [-0.4, -0.2) is 25.8 Å². The van der Waals surface area contributed by atoms with Gasteiger partial charge in [0.25, 0.3) is 21.6 Å². The van der Waals surface area contributed by atoms with Crippen molar-refractivity contribution in [1.82, 2.24) is 5.32 Å². The van der Waals surface area contributed by atoms with Gasteiger partial charge in [0.2, 0.25) is 0 Å². The SMILES string of the molecule is C=CCN(c1ccccc1Cl)S(=O)(=O)c1cccc(C(=O)NCc2ccc([N+](=O)[O-])cc2)c1. The number of nitro benzene ring substituents is 1. The number of amides is 1. The zero-order chi connectivity index (χ0) is 24.0. The normalized spacial score (nSPS) is 10.9. The summed E-state index contributed by atoms with van der Waals surface area (Å²) < 4.78 is 27.8. The van der Waals surface area contributed by atoms with Gasteiger partial charge < -0.3 is 5.32 Å². The Morgan fingerprint density at radius 3 is 2.42 bits per heavy atom. The van der Waals surface area contributed by atoms with E-state index >= 15 is 0 Å². The Bertz CT molecular complexity index is 1290. The number of para-hydroxylation sites is 1. The smallest absolute Gasteiger partial charge is 0.269 e. The molecule has 0 aliphatic heterocycles. The predicted molar refractivity (Wildman–Crippen MR) is 127 cm³/mol. The second-order valence-corrected chi connectivity index (χ2v) is 9.18. The largest absolute Gasteiger partial charge is 0.348 e. The third-order valence-corrected chi connectivity index (χ3v) is 6.80. The molecule has 0 unspecified atom stereocenters. The minimum absolute atomic E-state index is 0.0113. The van der Waals surface area contributed by atoms with E-state index in [0.717, 1.165) is 4.31 Å². The van der Waals surface area contributed by atoms with E-state index in [0.29, 0.717) is 11.3 Å². The summed E-state index contributed by atoms with van der Waals surface area (Å²) in [5, 5.41) is 13.7. The zero-order valence-electron chi connectivity index (χ0n) is 17.3. The molecule has 0 bridgehead atoms. The highest BCUT2D eigenvalue weighted by Gasteiger charge is 2.26. The zero-order valence-corrected chi connectivity index (χ0v) is 18.9. The first kappa shape index (κ1) is 24.0. The number of carbonyl (C=O) groups excluding carboxylic acids is 1. The van der Waals surface area contributed by atoms with Crippen LogP contribution in [0.4, 0.5) is 11.4 Å². The molecule has 0 aromatic heterocycles. The summed E-state index contributed by atoms with van der Waals surface area (Å²) in [6.07, 6.45) is 1.45. The Hall–Kier alpha value is -3.69. The van der Waals surface area contributed by atoms with Gasteiger partial charge in [-0.3, -0.25) is 19.2 Å². The van der Waals surface area contributed by atoms with Gasteiger partial charge >= 0.3 is 0 Å². The van der Waals surface area contributed by atoms with E-state index in [4.69, 9.17) is 11.6 Å². The molecule has 1 N–H and O–H groups in total. The molecule has 10 heteroatoms. The molecule has 33 heavy (non-hydrogen) atoms. The maximum atomic E-state index is 13.3. The van der Waals surface area contributed by atoms with Crippen molar-refractivity contribution in [2.75, 3.05) is 10.8 Å². The van der Waals surface area contributed by atoms with Crippen LogP contribution in [0.2, 0.25) is 5.02 Å². The van der Waals surface area contributed by atoms with Crippen molar-refractivity contribution in [2.24, 2.45) is 0 Å². The topological polar surface area (TPSA) is 110 Å². The maximum Gasteiger partial charge on any atom is 0.269 e. The molecule has 0 saturated heterocycles. The minimum Gasteiger partial charge on any atom is -0.348 e. The fourth-order valence-electron chi connectivity index (χ4n) is 3.04. The predicted octanol–water partition coefficient (Wildman–Crippen LogP) is 4.56. The molecule has 0 aliphatic rings. The van der Waals surface area contributed by atoms with E-state index in [1.165, 1.54) is 54.6 Å². The number of benzene rings is 3. The molecule has 8 nitrogen and oxygen atoms in total. The number of anilines is 1. The van der Waals surface area contributed by atoms with Crippen LogP contribution in [0, 0.1) is 10.1 Å². The lowest BCUT2D eigenvalue weighted by Gasteiger charge is -2.24. The molecule has 0 saturated carbocycles. The number of carbonyl (C=O) groups is 1. The van der Waals surface area contributed by atoms with Crippen LogP contribution in [0.15, 0.2) is 90.3 Å². The molecule has 0 spiro atoms. The maximum absolute atomic E-state index is 13.3. The second-order valence-electron chi connectivity index (χ2n) is 6.91. The first-order valence-corrected chi connectivity index (χ1v) is 11.6. The number of hydrogen-bond acceptors (Lipinski definition) is 5. The lowest BCUT2D eigenvalue weighted by Crippen LogP contribution is -2.31. The summed E-state index contributed by atoms with van der Waals surface area (Å²) >= 11 is 6.21. The first-order valence-electron chi connectivity index (χ1n) is 9.74. The van der Waals surface area contributed by atoms with E-state index in [9.17, 15) is 23.3 Å². The van der Waals surface area contributed by atoms with Crippen LogP contribution in [0.3, 0.4) is 0 Å². The quantitative estimate of drug-likeness (QED) is 0.271. The Labute approximate surface area is 196 Å².